The van der Waals surface area contributed by atoms with E-state index in [0.29, 0.717) is 4.47 Å². The molecule has 0 aliphatic carbocycles. The van der Waals surface area contributed by atoms with Gasteiger partial charge in [-0.15, -0.1) is 0 Å². The molecule has 1 aromatic rings. The van der Waals surface area contributed by atoms with E-state index in [4.69, 9.17) is 9.47 Å². The molecule has 1 rings (SSSR count). The third kappa shape index (κ3) is 2.15. The molecule has 0 saturated heterocycles. The molecular formula is C9H9BrF2O2. The van der Waals surface area contributed by atoms with Crippen molar-refractivity contribution in [2.75, 3.05) is 14.2 Å². The smallest absolute Gasteiger partial charge is 0.271 e. The number of ether oxygens (including phenoxy) is 2. The first-order valence-corrected chi connectivity index (χ1v) is 4.59. The van der Waals surface area contributed by atoms with Crippen molar-refractivity contribution in [3.8, 4) is 11.5 Å². The summed E-state index contributed by atoms with van der Waals surface area (Å²) in [6, 6.07) is 2.95. The minimum absolute atomic E-state index is 0.117. The summed E-state index contributed by atoms with van der Waals surface area (Å²) in [5, 5.41) is 0. The van der Waals surface area contributed by atoms with Crippen LogP contribution in [0, 0.1) is 0 Å². The van der Waals surface area contributed by atoms with E-state index in [2.05, 4.69) is 15.9 Å². The summed E-state index contributed by atoms with van der Waals surface area (Å²) in [6.45, 7) is 0. The Morgan fingerprint density at radius 2 is 1.57 bits per heavy atom. The third-order valence-electron chi connectivity index (χ3n) is 1.73. The van der Waals surface area contributed by atoms with Crippen molar-refractivity contribution in [2.24, 2.45) is 0 Å². The van der Waals surface area contributed by atoms with E-state index >= 15 is 0 Å². The molecule has 0 aromatic heterocycles. The van der Waals surface area contributed by atoms with Gasteiger partial charge in [0.25, 0.3) is 6.43 Å². The van der Waals surface area contributed by atoms with Crippen LogP contribution < -0.4 is 9.47 Å². The molecule has 0 bridgehead atoms. The lowest BCUT2D eigenvalue weighted by Gasteiger charge is -2.12. The average Bonchev–Trinajstić information content (AvgIpc) is 2.15. The molecule has 2 nitrogen and oxygen atoms in total. The van der Waals surface area contributed by atoms with Gasteiger partial charge < -0.3 is 9.47 Å². The molecule has 0 aliphatic heterocycles. The lowest BCUT2D eigenvalue weighted by Crippen LogP contribution is -1.97. The Balaban J connectivity index is 3.33. The second kappa shape index (κ2) is 4.59. The summed E-state index contributed by atoms with van der Waals surface area (Å²) in [6.07, 6.45) is -2.62. The van der Waals surface area contributed by atoms with Crippen LogP contribution in [0.15, 0.2) is 16.6 Å². The first kappa shape index (κ1) is 11.2. The van der Waals surface area contributed by atoms with E-state index in [1.165, 1.54) is 26.4 Å². The molecule has 0 saturated carbocycles. The van der Waals surface area contributed by atoms with Crippen molar-refractivity contribution in [2.45, 2.75) is 6.43 Å². The zero-order chi connectivity index (χ0) is 10.7. The minimum atomic E-state index is -2.62. The number of alkyl halides is 2. The number of hydrogen-bond donors (Lipinski definition) is 0. The fourth-order valence-electron chi connectivity index (χ4n) is 1.12. The average molecular weight is 267 g/mol. The molecule has 1 aromatic carbocycles. The molecule has 0 N–H and O–H groups in total. The van der Waals surface area contributed by atoms with Gasteiger partial charge in [-0.25, -0.2) is 8.78 Å². The molecule has 0 spiro atoms. The van der Waals surface area contributed by atoms with E-state index in [1.54, 1.807) is 0 Å². The second-order valence-electron chi connectivity index (χ2n) is 2.52. The van der Waals surface area contributed by atoms with Gasteiger partial charge in [0.05, 0.1) is 14.2 Å². The minimum Gasteiger partial charge on any atom is -0.496 e. The van der Waals surface area contributed by atoms with E-state index in [9.17, 15) is 8.78 Å². The standard InChI is InChI=1S/C9H9BrF2O2/c1-13-6-3-5(10)4-7(14-2)8(6)9(11)12/h3-4,9H,1-2H3. The number of hydrogen-bond acceptors (Lipinski definition) is 2. The van der Waals surface area contributed by atoms with Gasteiger partial charge in [0, 0.05) is 4.47 Å². The topological polar surface area (TPSA) is 18.5 Å². The summed E-state index contributed by atoms with van der Waals surface area (Å²) in [5.41, 5.74) is -0.224. The Morgan fingerprint density at radius 3 is 1.86 bits per heavy atom. The van der Waals surface area contributed by atoms with Gasteiger partial charge in [-0.3, -0.25) is 0 Å². The molecule has 14 heavy (non-hydrogen) atoms. The Morgan fingerprint density at radius 1 is 1.14 bits per heavy atom. The molecule has 0 aliphatic rings. The highest BCUT2D eigenvalue weighted by Gasteiger charge is 2.20. The van der Waals surface area contributed by atoms with Gasteiger partial charge in [0.2, 0.25) is 0 Å². The maximum absolute atomic E-state index is 12.6. The third-order valence-corrected chi connectivity index (χ3v) is 2.18. The number of methoxy groups -OCH3 is 2. The molecule has 0 amide bonds. The normalized spacial score (nSPS) is 10.4. The van der Waals surface area contributed by atoms with Crippen molar-refractivity contribution in [3.05, 3.63) is 22.2 Å². The monoisotopic (exact) mass is 266 g/mol. The fraction of sp³-hybridized carbons (Fsp3) is 0.333. The zero-order valence-electron chi connectivity index (χ0n) is 7.68. The van der Waals surface area contributed by atoms with E-state index in [-0.39, 0.29) is 17.1 Å². The molecule has 0 radical (unpaired) electrons. The van der Waals surface area contributed by atoms with Crippen LogP contribution in [0.2, 0.25) is 0 Å². The fourth-order valence-corrected chi connectivity index (χ4v) is 1.54. The highest BCUT2D eigenvalue weighted by molar-refractivity contribution is 9.10. The highest BCUT2D eigenvalue weighted by Crippen LogP contribution is 2.39. The number of halogens is 3. The van der Waals surface area contributed by atoms with E-state index in [1.807, 2.05) is 0 Å². The SMILES string of the molecule is COc1cc(Br)cc(OC)c1C(F)F. The molecule has 5 heteroatoms. The van der Waals surface area contributed by atoms with Crippen LogP contribution in [0.1, 0.15) is 12.0 Å². The summed E-state index contributed by atoms with van der Waals surface area (Å²) < 4.78 is 35.6. The van der Waals surface area contributed by atoms with E-state index < -0.39 is 6.43 Å². The molecule has 0 heterocycles. The lowest BCUT2D eigenvalue weighted by atomic mass is 10.2. The number of rotatable bonds is 3. The van der Waals surface area contributed by atoms with Crippen LogP contribution in [0.4, 0.5) is 8.78 Å². The van der Waals surface area contributed by atoms with Gasteiger partial charge in [0.15, 0.2) is 0 Å². The first-order chi connectivity index (χ1) is 6.60. The maximum atomic E-state index is 12.6. The summed E-state index contributed by atoms with van der Waals surface area (Å²) >= 11 is 3.17. The predicted octanol–water partition coefficient (Wildman–Crippen LogP) is 3.40. The van der Waals surface area contributed by atoms with Crippen LogP contribution in [-0.2, 0) is 0 Å². The van der Waals surface area contributed by atoms with Crippen LogP contribution in [0.3, 0.4) is 0 Å². The van der Waals surface area contributed by atoms with Crippen molar-refractivity contribution in [1.82, 2.24) is 0 Å². The van der Waals surface area contributed by atoms with Crippen molar-refractivity contribution in [3.63, 3.8) is 0 Å². The molecule has 0 atom stereocenters. The van der Waals surface area contributed by atoms with E-state index in [0.717, 1.165) is 0 Å². The van der Waals surface area contributed by atoms with Crippen LogP contribution in [0.25, 0.3) is 0 Å². The zero-order valence-corrected chi connectivity index (χ0v) is 9.27. The largest absolute Gasteiger partial charge is 0.496 e. The van der Waals surface area contributed by atoms with Crippen molar-refractivity contribution in [1.29, 1.82) is 0 Å². The predicted molar refractivity (Wildman–Crippen MR) is 52.2 cm³/mol. The summed E-state index contributed by atoms with van der Waals surface area (Å²) in [4.78, 5) is 0. The van der Waals surface area contributed by atoms with Gasteiger partial charge in [-0.1, -0.05) is 15.9 Å². The van der Waals surface area contributed by atoms with Crippen molar-refractivity contribution < 1.29 is 18.3 Å². The molecule has 0 unspecified atom stereocenters. The summed E-state index contributed by atoms with van der Waals surface area (Å²) in [5.74, 6) is 0.234. The highest BCUT2D eigenvalue weighted by atomic mass is 79.9. The number of benzene rings is 1. The van der Waals surface area contributed by atoms with Crippen LogP contribution >= 0.6 is 15.9 Å². The lowest BCUT2D eigenvalue weighted by molar-refractivity contribution is 0.142. The van der Waals surface area contributed by atoms with Gasteiger partial charge in [0.1, 0.15) is 17.1 Å². The quantitative estimate of drug-likeness (QED) is 0.835. The first-order valence-electron chi connectivity index (χ1n) is 3.79. The van der Waals surface area contributed by atoms with Crippen molar-refractivity contribution >= 4 is 15.9 Å². The van der Waals surface area contributed by atoms with Crippen LogP contribution in [0.5, 0.6) is 11.5 Å². The molecular weight excluding hydrogens is 258 g/mol. The Hall–Kier alpha value is -0.840. The van der Waals surface area contributed by atoms with Gasteiger partial charge >= 0.3 is 0 Å². The molecule has 78 valence electrons. The Labute approximate surface area is 89.0 Å². The Kier molecular flexibility index (Phi) is 3.69. The maximum Gasteiger partial charge on any atom is 0.271 e. The van der Waals surface area contributed by atoms with Gasteiger partial charge in [-0.2, -0.15) is 0 Å². The second-order valence-corrected chi connectivity index (χ2v) is 3.44. The van der Waals surface area contributed by atoms with Gasteiger partial charge in [-0.05, 0) is 12.1 Å². The molecule has 0 fully saturated rings. The van der Waals surface area contributed by atoms with Crippen LogP contribution in [-0.4, -0.2) is 14.2 Å². The Bertz CT molecular complexity index is 304. The summed E-state index contributed by atoms with van der Waals surface area (Å²) in [7, 11) is 2.68.